The molecule has 0 radical (unpaired) electrons. The predicted molar refractivity (Wildman–Crippen MR) is 105 cm³/mol. The van der Waals surface area contributed by atoms with E-state index in [1.807, 2.05) is 0 Å². The summed E-state index contributed by atoms with van der Waals surface area (Å²) in [6.45, 7) is 0. The van der Waals surface area contributed by atoms with Gasteiger partial charge >= 0.3 is 0 Å². The van der Waals surface area contributed by atoms with Crippen LogP contribution in [0, 0.1) is 5.92 Å². The molecule has 2 heterocycles. The van der Waals surface area contributed by atoms with Crippen LogP contribution in [0.1, 0.15) is 30.6 Å². The van der Waals surface area contributed by atoms with Crippen LogP contribution in [0.4, 0.5) is 0 Å². The maximum Gasteiger partial charge on any atom is 0.134 e. The molecule has 2 unspecified atom stereocenters. The van der Waals surface area contributed by atoms with Crippen LogP contribution >= 0.6 is 0 Å². The van der Waals surface area contributed by atoms with E-state index in [-0.39, 0.29) is 0 Å². The maximum absolute atomic E-state index is 6.10. The summed E-state index contributed by atoms with van der Waals surface area (Å²) in [6.07, 6.45) is 20.6. The van der Waals surface area contributed by atoms with E-state index < -0.39 is 0 Å². The van der Waals surface area contributed by atoms with E-state index in [9.17, 15) is 0 Å². The van der Waals surface area contributed by atoms with Crippen molar-refractivity contribution >= 4 is 17.0 Å². The molecule has 6 rings (SSSR count). The van der Waals surface area contributed by atoms with Crippen LogP contribution in [0.2, 0.25) is 0 Å². The van der Waals surface area contributed by atoms with Crippen molar-refractivity contribution in [3.05, 3.63) is 89.0 Å². The van der Waals surface area contributed by atoms with Gasteiger partial charge in [-0.2, -0.15) is 0 Å². The first-order chi connectivity index (χ1) is 12.9. The van der Waals surface area contributed by atoms with Gasteiger partial charge in [-0.15, -0.1) is 0 Å². The Bertz CT molecular complexity index is 1060. The van der Waals surface area contributed by atoms with Gasteiger partial charge in [-0.05, 0) is 43.1 Å². The van der Waals surface area contributed by atoms with E-state index in [2.05, 4.69) is 71.7 Å². The average Bonchev–Trinajstić information content (AvgIpc) is 3.23. The summed E-state index contributed by atoms with van der Waals surface area (Å²) in [7, 11) is 0. The number of hydrogen-bond donors (Lipinski definition) is 0. The lowest BCUT2D eigenvalue weighted by molar-refractivity contribution is 0.357. The fourth-order valence-corrected chi connectivity index (χ4v) is 5.04. The second-order valence-corrected chi connectivity index (χ2v) is 7.58. The van der Waals surface area contributed by atoms with E-state index in [4.69, 9.17) is 4.42 Å². The number of hydrogen-bond acceptors (Lipinski definition) is 2. The zero-order valence-electron chi connectivity index (χ0n) is 14.7. The van der Waals surface area contributed by atoms with Crippen LogP contribution in [0.5, 0.6) is 0 Å². The molecule has 0 N–H and O–H groups in total. The smallest absolute Gasteiger partial charge is 0.134 e. The van der Waals surface area contributed by atoms with Crippen LogP contribution < -0.4 is 0 Å². The van der Waals surface area contributed by atoms with Gasteiger partial charge in [0.05, 0.1) is 6.04 Å². The average molecular weight is 339 g/mol. The molecule has 4 aliphatic rings. The molecule has 2 nitrogen and oxygen atoms in total. The number of rotatable bonds is 1. The summed E-state index contributed by atoms with van der Waals surface area (Å²) in [6, 6.07) is 8.84. The van der Waals surface area contributed by atoms with Crippen molar-refractivity contribution in [2.75, 3.05) is 0 Å². The minimum atomic E-state index is 0.429. The molecule has 2 heteroatoms. The quantitative estimate of drug-likeness (QED) is 0.658. The Morgan fingerprint density at radius 3 is 2.92 bits per heavy atom. The van der Waals surface area contributed by atoms with Gasteiger partial charge in [0.1, 0.15) is 11.3 Å². The van der Waals surface area contributed by atoms with Gasteiger partial charge < -0.3 is 9.32 Å². The van der Waals surface area contributed by atoms with Crippen LogP contribution in [0.15, 0.2) is 82.1 Å². The minimum Gasteiger partial charge on any atom is -0.460 e. The fraction of sp³-hybridized carbons (Fsp3) is 0.250. The molecule has 0 spiro atoms. The van der Waals surface area contributed by atoms with Crippen molar-refractivity contribution in [2.45, 2.75) is 31.7 Å². The molecule has 1 aromatic heterocycles. The zero-order valence-corrected chi connectivity index (χ0v) is 14.7. The van der Waals surface area contributed by atoms with Gasteiger partial charge in [0, 0.05) is 34.7 Å². The summed E-state index contributed by atoms with van der Waals surface area (Å²) >= 11 is 0. The SMILES string of the molecule is C1=CC2C3=C(C=CCC3)N(C3=Cc4c(oc5ccccc45)CC3)C2C=C1. The normalized spacial score (nSPS) is 26.2. The van der Waals surface area contributed by atoms with E-state index in [1.165, 1.54) is 35.2 Å². The molecule has 0 fully saturated rings. The first-order valence-electron chi connectivity index (χ1n) is 9.65. The van der Waals surface area contributed by atoms with Gasteiger partial charge in [0.15, 0.2) is 0 Å². The highest BCUT2D eigenvalue weighted by Crippen LogP contribution is 2.46. The number of allylic oxidation sites excluding steroid dienone is 5. The molecular formula is C24H21NO. The van der Waals surface area contributed by atoms with Crippen LogP contribution in [0.25, 0.3) is 17.0 Å². The minimum absolute atomic E-state index is 0.429. The lowest BCUT2D eigenvalue weighted by atomic mass is 9.87. The molecule has 0 bridgehead atoms. The molecule has 128 valence electrons. The van der Waals surface area contributed by atoms with Crippen molar-refractivity contribution in [3.63, 3.8) is 0 Å². The Morgan fingerprint density at radius 1 is 1.00 bits per heavy atom. The molecule has 0 saturated carbocycles. The van der Waals surface area contributed by atoms with Crippen LogP contribution in [-0.2, 0) is 6.42 Å². The highest BCUT2D eigenvalue weighted by molar-refractivity contribution is 5.89. The third-order valence-electron chi connectivity index (χ3n) is 6.19. The number of fused-ring (bicyclic) bond motifs is 5. The first-order valence-corrected chi connectivity index (χ1v) is 9.65. The Hall–Kier alpha value is -2.74. The lowest BCUT2D eigenvalue weighted by Gasteiger charge is -2.33. The zero-order chi connectivity index (χ0) is 17.1. The third-order valence-corrected chi connectivity index (χ3v) is 6.19. The number of benzene rings is 1. The molecule has 2 aromatic rings. The third kappa shape index (κ3) is 1.93. The number of aryl methyl sites for hydroxylation is 1. The van der Waals surface area contributed by atoms with Crippen LogP contribution in [0.3, 0.4) is 0 Å². The molecule has 1 aromatic carbocycles. The van der Waals surface area contributed by atoms with E-state index in [0.29, 0.717) is 12.0 Å². The van der Waals surface area contributed by atoms with Gasteiger partial charge in [-0.3, -0.25) is 0 Å². The number of nitrogens with zero attached hydrogens (tertiary/aromatic N) is 1. The molecule has 1 aliphatic heterocycles. The first kappa shape index (κ1) is 14.4. The standard InChI is InChI=1S/C24H21NO/c1-4-10-21-17(7-1)18-8-2-5-11-22(18)25(21)16-13-14-24-20(15-16)19-9-3-6-12-23(19)26-24/h1,3-7,9-12,15,17,21H,2,8,13-14H2. The summed E-state index contributed by atoms with van der Waals surface area (Å²) in [5.41, 5.74) is 6.76. The predicted octanol–water partition coefficient (Wildman–Crippen LogP) is 5.75. The Labute approximate surface area is 153 Å². The number of para-hydroxylation sites is 1. The highest BCUT2D eigenvalue weighted by Gasteiger charge is 2.40. The second-order valence-electron chi connectivity index (χ2n) is 7.58. The molecule has 2 atom stereocenters. The summed E-state index contributed by atoms with van der Waals surface area (Å²) in [4.78, 5) is 2.60. The van der Waals surface area contributed by atoms with Crippen molar-refractivity contribution < 1.29 is 4.42 Å². The van der Waals surface area contributed by atoms with Crippen molar-refractivity contribution in [3.8, 4) is 0 Å². The Kier molecular flexibility index (Phi) is 2.98. The van der Waals surface area contributed by atoms with E-state index in [0.717, 1.165) is 24.2 Å². The second kappa shape index (κ2) is 5.38. The van der Waals surface area contributed by atoms with Crippen molar-refractivity contribution in [1.29, 1.82) is 0 Å². The summed E-state index contributed by atoms with van der Waals surface area (Å²) in [5, 5.41) is 1.24. The van der Waals surface area contributed by atoms with E-state index >= 15 is 0 Å². The largest absolute Gasteiger partial charge is 0.460 e. The molecular weight excluding hydrogens is 318 g/mol. The molecule has 26 heavy (non-hydrogen) atoms. The van der Waals surface area contributed by atoms with Gasteiger partial charge in [0.2, 0.25) is 0 Å². The monoisotopic (exact) mass is 339 g/mol. The summed E-state index contributed by atoms with van der Waals surface area (Å²) in [5.74, 6) is 1.67. The summed E-state index contributed by atoms with van der Waals surface area (Å²) < 4.78 is 6.10. The lowest BCUT2D eigenvalue weighted by Crippen LogP contribution is -2.32. The highest BCUT2D eigenvalue weighted by atomic mass is 16.3. The van der Waals surface area contributed by atoms with Crippen molar-refractivity contribution in [2.24, 2.45) is 5.92 Å². The van der Waals surface area contributed by atoms with Crippen LogP contribution in [-0.4, -0.2) is 10.9 Å². The Balaban J connectivity index is 1.50. The van der Waals surface area contributed by atoms with Gasteiger partial charge in [0.25, 0.3) is 0 Å². The van der Waals surface area contributed by atoms with Gasteiger partial charge in [-0.1, -0.05) is 48.6 Å². The molecule has 0 saturated heterocycles. The van der Waals surface area contributed by atoms with Gasteiger partial charge in [-0.25, -0.2) is 0 Å². The Morgan fingerprint density at radius 2 is 1.92 bits per heavy atom. The number of furan rings is 1. The topological polar surface area (TPSA) is 16.4 Å². The van der Waals surface area contributed by atoms with E-state index in [1.54, 1.807) is 5.57 Å². The fourth-order valence-electron chi connectivity index (χ4n) is 5.04. The maximum atomic E-state index is 6.10. The molecule has 0 amide bonds. The molecule has 3 aliphatic carbocycles. The van der Waals surface area contributed by atoms with Crippen molar-refractivity contribution in [1.82, 2.24) is 4.90 Å².